The number of nitrogens with zero attached hydrogens (tertiary/aromatic N) is 3. The summed E-state index contributed by atoms with van der Waals surface area (Å²) in [4.78, 5) is 48.3. The number of hydrogen-bond donors (Lipinski definition) is 2. The molecule has 2 amide bonds. The van der Waals surface area contributed by atoms with E-state index in [-0.39, 0.29) is 30.0 Å². The molecule has 0 spiro atoms. The first-order valence-electron chi connectivity index (χ1n) is 15.8. The van der Waals surface area contributed by atoms with Crippen LogP contribution >= 0.6 is 0 Å². The fourth-order valence-electron chi connectivity index (χ4n) is 6.72. The average molecular weight is 596 g/mol. The predicted octanol–water partition coefficient (Wildman–Crippen LogP) is 5.11. The summed E-state index contributed by atoms with van der Waals surface area (Å²) in [5.74, 6) is -0.272. The number of likely N-dealkylation sites (tertiary alicyclic amines) is 2. The number of pyridine rings is 1. The Morgan fingerprint density at radius 3 is 2.43 bits per heavy atom. The number of benzene rings is 2. The van der Waals surface area contributed by atoms with E-state index in [2.05, 4.69) is 63.9 Å². The van der Waals surface area contributed by atoms with Crippen LogP contribution in [0.2, 0.25) is 0 Å². The van der Waals surface area contributed by atoms with Crippen molar-refractivity contribution in [3.63, 3.8) is 0 Å². The normalized spacial score (nSPS) is 16.7. The number of aromatic nitrogens is 1. The maximum atomic E-state index is 13.8. The van der Waals surface area contributed by atoms with Crippen molar-refractivity contribution in [2.75, 3.05) is 37.6 Å². The lowest BCUT2D eigenvalue weighted by atomic mass is 9.95. The molecule has 0 radical (unpaired) electrons. The van der Waals surface area contributed by atoms with E-state index in [1.165, 1.54) is 24.5 Å². The van der Waals surface area contributed by atoms with Crippen LogP contribution in [0.1, 0.15) is 64.5 Å². The van der Waals surface area contributed by atoms with Gasteiger partial charge in [0.2, 0.25) is 5.91 Å². The molecule has 2 N–H and O–H groups in total. The molecule has 232 valence electrons. The number of aryl methyl sites for hydroxylation is 2. The number of amides is 2. The minimum absolute atomic E-state index is 0.0514. The molecule has 3 aromatic rings. The largest absolute Gasteiger partial charge is 0.367 e. The zero-order valence-electron chi connectivity index (χ0n) is 26.5. The second kappa shape index (κ2) is 13.6. The van der Waals surface area contributed by atoms with E-state index in [1.54, 1.807) is 0 Å². The van der Waals surface area contributed by atoms with Gasteiger partial charge in [-0.2, -0.15) is 0 Å². The maximum Gasteiger partial charge on any atom is 0.253 e. The van der Waals surface area contributed by atoms with Crippen LogP contribution in [-0.2, 0) is 17.9 Å². The van der Waals surface area contributed by atoms with Crippen molar-refractivity contribution in [2.24, 2.45) is 0 Å². The van der Waals surface area contributed by atoms with Crippen LogP contribution in [0.4, 0.5) is 5.69 Å². The van der Waals surface area contributed by atoms with Crippen LogP contribution in [0.5, 0.6) is 0 Å². The number of rotatable bonds is 10. The van der Waals surface area contributed by atoms with Crippen molar-refractivity contribution in [3.8, 4) is 11.1 Å². The van der Waals surface area contributed by atoms with Crippen LogP contribution in [0.15, 0.2) is 59.9 Å². The van der Waals surface area contributed by atoms with Gasteiger partial charge in [-0.3, -0.25) is 19.3 Å². The van der Waals surface area contributed by atoms with E-state index >= 15 is 0 Å². The first-order chi connectivity index (χ1) is 21.2. The van der Waals surface area contributed by atoms with Gasteiger partial charge in [0.1, 0.15) is 0 Å². The Labute approximate surface area is 260 Å². The summed E-state index contributed by atoms with van der Waals surface area (Å²) in [6, 6.07) is 14.9. The Morgan fingerprint density at radius 1 is 1.05 bits per heavy atom. The van der Waals surface area contributed by atoms with Crippen LogP contribution in [0.25, 0.3) is 11.1 Å². The number of H-pyrrole nitrogens is 1. The quantitative estimate of drug-likeness (QED) is 0.318. The number of likely N-dealkylation sites (N-methyl/N-ethyl adjacent to an activating group) is 1. The maximum absolute atomic E-state index is 13.8. The topological polar surface area (TPSA) is 88.8 Å². The molecular weight excluding hydrogens is 550 g/mol. The molecule has 3 heterocycles. The van der Waals surface area contributed by atoms with E-state index in [0.717, 1.165) is 66.2 Å². The minimum atomic E-state index is -0.221. The lowest BCUT2D eigenvalue weighted by Gasteiger charge is -2.32. The average Bonchev–Trinajstić information content (AvgIpc) is 3.71. The van der Waals surface area contributed by atoms with Gasteiger partial charge in [-0.1, -0.05) is 30.8 Å². The van der Waals surface area contributed by atoms with Gasteiger partial charge in [0, 0.05) is 61.3 Å². The molecule has 8 nitrogen and oxygen atoms in total. The highest BCUT2D eigenvalue weighted by Crippen LogP contribution is 2.34. The third-order valence-electron chi connectivity index (χ3n) is 9.18. The molecule has 8 heteroatoms. The summed E-state index contributed by atoms with van der Waals surface area (Å²) in [7, 11) is 0. The molecule has 1 unspecified atom stereocenters. The molecule has 0 aliphatic carbocycles. The van der Waals surface area contributed by atoms with Gasteiger partial charge in [-0.25, -0.2) is 0 Å². The number of nitrogens with one attached hydrogen (secondary N) is 2. The fourth-order valence-corrected chi connectivity index (χ4v) is 6.72. The lowest BCUT2D eigenvalue weighted by molar-refractivity contribution is -0.125. The van der Waals surface area contributed by atoms with Gasteiger partial charge in [-0.05, 0) is 112 Å². The second-order valence-corrected chi connectivity index (χ2v) is 12.2. The Kier molecular flexibility index (Phi) is 9.69. The molecule has 5 rings (SSSR count). The van der Waals surface area contributed by atoms with Gasteiger partial charge >= 0.3 is 0 Å². The Balaban J connectivity index is 1.48. The summed E-state index contributed by atoms with van der Waals surface area (Å²) in [5.41, 5.74) is 7.75. The van der Waals surface area contributed by atoms with Crippen LogP contribution < -0.4 is 15.8 Å². The highest BCUT2D eigenvalue weighted by atomic mass is 16.2. The molecule has 2 saturated heterocycles. The predicted molar refractivity (Wildman–Crippen MR) is 177 cm³/mol. The molecule has 2 aliphatic rings. The van der Waals surface area contributed by atoms with Gasteiger partial charge < -0.3 is 20.1 Å². The van der Waals surface area contributed by atoms with E-state index in [9.17, 15) is 14.4 Å². The molecule has 2 aromatic carbocycles. The highest BCUT2D eigenvalue weighted by Gasteiger charge is 2.31. The zero-order chi connectivity index (χ0) is 31.4. The van der Waals surface area contributed by atoms with Crippen LogP contribution in [0.3, 0.4) is 0 Å². The zero-order valence-corrected chi connectivity index (χ0v) is 26.5. The van der Waals surface area contributed by atoms with Crippen molar-refractivity contribution >= 4 is 17.5 Å². The first-order valence-corrected chi connectivity index (χ1v) is 15.8. The van der Waals surface area contributed by atoms with Crippen molar-refractivity contribution in [1.29, 1.82) is 0 Å². The van der Waals surface area contributed by atoms with Gasteiger partial charge in [0.25, 0.3) is 11.5 Å². The van der Waals surface area contributed by atoms with Crippen LogP contribution in [0, 0.1) is 20.8 Å². The highest BCUT2D eigenvalue weighted by molar-refractivity contribution is 5.99. The summed E-state index contributed by atoms with van der Waals surface area (Å²) >= 11 is 0. The lowest BCUT2D eigenvalue weighted by Crippen LogP contribution is -2.39. The van der Waals surface area contributed by atoms with Crippen molar-refractivity contribution in [2.45, 2.75) is 66.1 Å². The fraction of sp³-hybridized carbons (Fsp3) is 0.417. The van der Waals surface area contributed by atoms with Crippen molar-refractivity contribution in [1.82, 2.24) is 20.1 Å². The van der Waals surface area contributed by atoms with Crippen LogP contribution in [-0.4, -0.2) is 65.4 Å². The SMILES string of the molecule is C=CC(=O)N1CCC(N(CC)c2cc(-c3ccc(CN4CCCC4)cc3)cc(C(=O)NCc3c(C)cc(C)[nH]c3=O)c2C)C1. The third-order valence-corrected chi connectivity index (χ3v) is 9.18. The molecule has 1 aromatic heterocycles. The van der Waals surface area contributed by atoms with Gasteiger partial charge in [0.05, 0.1) is 0 Å². The summed E-state index contributed by atoms with van der Waals surface area (Å²) in [5, 5.41) is 3.02. The number of carbonyl (C=O) groups excluding carboxylic acids is 2. The van der Waals surface area contributed by atoms with E-state index < -0.39 is 0 Å². The van der Waals surface area contributed by atoms with Gasteiger partial charge in [0.15, 0.2) is 0 Å². The number of aromatic amines is 1. The Bertz CT molecular complexity index is 1590. The van der Waals surface area contributed by atoms with Gasteiger partial charge in [-0.15, -0.1) is 0 Å². The second-order valence-electron chi connectivity index (χ2n) is 12.2. The molecule has 2 aliphatic heterocycles. The summed E-state index contributed by atoms with van der Waals surface area (Å²) in [6.07, 6.45) is 4.75. The monoisotopic (exact) mass is 595 g/mol. The molecule has 0 saturated carbocycles. The molecule has 0 bridgehead atoms. The number of hydrogen-bond acceptors (Lipinski definition) is 5. The Hall–Kier alpha value is -4.17. The van der Waals surface area contributed by atoms with Crippen molar-refractivity contribution < 1.29 is 9.59 Å². The Morgan fingerprint density at radius 2 is 1.77 bits per heavy atom. The van der Waals surface area contributed by atoms with Crippen molar-refractivity contribution in [3.05, 3.63) is 99.0 Å². The first kappa shape index (κ1) is 31.3. The molecule has 44 heavy (non-hydrogen) atoms. The standard InChI is InChI=1S/C36H45N5O3/c1-6-34(42)40-17-14-30(23-40)41(7-2)33-20-29(28-12-10-27(11-13-28)22-39-15-8-9-16-39)19-31(26(33)5)35(43)37-21-32-24(3)18-25(4)38-36(32)44/h6,10-13,18-20,30H,1,7-9,14-17,21-23H2,2-5H3,(H,37,43)(H,38,44). The van der Waals surface area contributed by atoms with E-state index in [1.807, 2.05) is 37.8 Å². The molecule has 2 fully saturated rings. The number of carbonyl (C=O) groups is 2. The molecular formula is C36H45N5O3. The molecule has 1 atom stereocenters. The van der Waals surface area contributed by atoms with E-state index in [4.69, 9.17) is 0 Å². The van der Waals surface area contributed by atoms with E-state index in [0.29, 0.717) is 24.2 Å². The number of anilines is 1. The summed E-state index contributed by atoms with van der Waals surface area (Å²) in [6.45, 7) is 16.9. The smallest absolute Gasteiger partial charge is 0.253 e. The minimum Gasteiger partial charge on any atom is -0.367 e. The third kappa shape index (κ3) is 6.81. The summed E-state index contributed by atoms with van der Waals surface area (Å²) < 4.78 is 0.